The first kappa shape index (κ1) is 19.4. The molecule has 0 aromatic heterocycles. The molecule has 1 aliphatic rings. The predicted octanol–water partition coefficient (Wildman–Crippen LogP) is 3.94. The van der Waals surface area contributed by atoms with Gasteiger partial charge in [-0.1, -0.05) is 31.9 Å². The van der Waals surface area contributed by atoms with Gasteiger partial charge in [-0.15, -0.1) is 0 Å². The van der Waals surface area contributed by atoms with Gasteiger partial charge in [0.25, 0.3) is 15.9 Å². The van der Waals surface area contributed by atoms with Crippen LogP contribution in [0.4, 0.5) is 10.1 Å². The maximum absolute atomic E-state index is 13.7. The molecule has 5 nitrogen and oxygen atoms in total. The molecule has 2 N–H and O–H groups in total. The first-order valence-electron chi connectivity index (χ1n) is 9.05. The van der Waals surface area contributed by atoms with E-state index in [0.717, 1.165) is 19.3 Å². The molecule has 0 aliphatic heterocycles. The molecular formula is C20H23FN2O3S. The van der Waals surface area contributed by atoms with Gasteiger partial charge in [-0.3, -0.25) is 9.52 Å². The Hall–Kier alpha value is -2.41. The van der Waals surface area contributed by atoms with E-state index in [1.807, 2.05) is 0 Å². The van der Waals surface area contributed by atoms with Crippen LogP contribution in [0.15, 0.2) is 53.4 Å². The Kier molecular flexibility index (Phi) is 5.79. The quantitative estimate of drug-likeness (QED) is 0.812. The van der Waals surface area contributed by atoms with Crippen molar-refractivity contribution in [3.63, 3.8) is 0 Å². The average Bonchev–Trinajstić information content (AvgIpc) is 2.65. The second-order valence-electron chi connectivity index (χ2n) is 6.95. The first-order chi connectivity index (χ1) is 12.9. The van der Waals surface area contributed by atoms with Gasteiger partial charge in [0, 0.05) is 11.6 Å². The molecule has 1 fully saturated rings. The summed E-state index contributed by atoms with van der Waals surface area (Å²) in [6, 6.07) is 11.3. The van der Waals surface area contributed by atoms with Crippen molar-refractivity contribution in [1.29, 1.82) is 0 Å². The van der Waals surface area contributed by atoms with Crippen molar-refractivity contribution in [2.75, 3.05) is 4.72 Å². The van der Waals surface area contributed by atoms with Gasteiger partial charge in [-0.25, -0.2) is 12.8 Å². The lowest BCUT2D eigenvalue weighted by molar-refractivity contribution is 0.0910. The fourth-order valence-corrected chi connectivity index (χ4v) is 4.38. The maximum Gasteiger partial charge on any atom is 0.261 e. The molecule has 7 heteroatoms. The van der Waals surface area contributed by atoms with Crippen LogP contribution >= 0.6 is 0 Å². The van der Waals surface area contributed by atoms with Crippen molar-refractivity contribution in [3.8, 4) is 0 Å². The largest absolute Gasteiger partial charge is 0.349 e. The summed E-state index contributed by atoms with van der Waals surface area (Å²) in [5.74, 6) is -0.425. The summed E-state index contributed by atoms with van der Waals surface area (Å²) in [4.78, 5) is 12.4. The normalized spacial score (nSPS) is 20.1. The van der Waals surface area contributed by atoms with Crippen molar-refractivity contribution < 1.29 is 17.6 Å². The molecule has 1 saturated carbocycles. The van der Waals surface area contributed by atoms with Crippen LogP contribution in [0.2, 0.25) is 0 Å². The van der Waals surface area contributed by atoms with Crippen LogP contribution in [0.5, 0.6) is 0 Å². The molecule has 1 aliphatic carbocycles. The number of benzene rings is 2. The number of para-hydroxylation sites is 1. The summed E-state index contributed by atoms with van der Waals surface area (Å²) in [5, 5.41) is 3.04. The predicted molar refractivity (Wildman–Crippen MR) is 103 cm³/mol. The Bertz CT molecular complexity index is 913. The van der Waals surface area contributed by atoms with Gasteiger partial charge < -0.3 is 5.32 Å². The molecule has 0 spiro atoms. The zero-order valence-corrected chi connectivity index (χ0v) is 15.9. The molecule has 2 aromatic carbocycles. The molecule has 0 radical (unpaired) electrons. The van der Waals surface area contributed by atoms with E-state index in [2.05, 4.69) is 17.0 Å². The minimum Gasteiger partial charge on any atom is -0.349 e. The molecule has 0 saturated heterocycles. The Labute approximate surface area is 159 Å². The van der Waals surface area contributed by atoms with E-state index in [-0.39, 0.29) is 22.5 Å². The van der Waals surface area contributed by atoms with Crippen LogP contribution in [0.3, 0.4) is 0 Å². The van der Waals surface area contributed by atoms with Crippen LogP contribution in [0, 0.1) is 11.7 Å². The second-order valence-corrected chi connectivity index (χ2v) is 8.63. The van der Waals surface area contributed by atoms with Crippen molar-refractivity contribution in [2.45, 2.75) is 43.5 Å². The third-order valence-electron chi connectivity index (χ3n) is 4.97. The van der Waals surface area contributed by atoms with E-state index in [1.54, 1.807) is 6.07 Å². The topological polar surface area (TPSA) is 75.3 Å². The molecular weight excluding hydrogens is 367 g/mol. The smallest absolute Gasteiger partial charge is 0.261 e. The van der Waals surface area contributed by atoms with Crippen molar-refractivity contribution in [3.05, 3.63) is 59.9 Å². The van der Waals surface area contributed by atoms with E-state index in [0.29, 0.717) is 11.5 Å². The van der Waals surface area contributed by atoms with Gasteiger partial charge in [0.2, 0.25) is 0 Å². The molecule has 2 aromatic rings. The number of sulfonamides is 1. The fourth-order valence-electron chi connectivity index (χ4n) is 3.32. The standard InChI is InChI=1S/C20H23FN2O3S/c1-14-6-2-4-8-18(14)22-20(24)15-10-12-16(13-11-15)27(25,26)23-19-9-5-3-7-17(19)21/h3,5,7,9-14,18,23H,2,4,6,8H2,1H3,(H,22,24). The Morgan fingerprint density at radius 1 is 1.04 bits per heavy atom. The molecule has 3 rings (SSSR count). The first-order valence-corrected chi connectivity index (χ1v) is 10.5. The van der Waals surface area contributed by atoms with E-state index < -0.39 is 15.8 Å². The molecule has 27 heavy (non-hydrogen) atoms. The van der Waals surface area contributed by atoms with Gasteiger partial charge in [0.1, 0.15) is 5.82 Å². The Morgan fingerprint density at radius 3 is 2.37 bits per heavy atom. The SMILES string of the molecule is CC1CCCCC1NC(=O)c1ccc(S(=O)(=O)Nc2ccccc2F)cc1. The van der Waals surface area contributed by atoms with Crippen LogP contribution in [0.25, 0.3) is 0 Å². The third kappa shape index (κ3) is 4.66. The van der Waals surface area contributed by atoms with Crippen LogP contribution in [0.1, 0.15) is 43.0 Å². The van der Waals surface area contributed by atoms with E-state index in [9.17, 15) is 17.6 Å². The Morgan fingerprint density at radius 2 is 1.70 bits per heavy atom. The highest BCUT2D eigenvalue weighted by atomic mass is 32.2. The number of nitrogens with one attached hydrogen (secondary N) is 2. The van der Waals surface area contributed by atoms with Gasteiger partial charge in [-0.05, 0) is 55.2 Å². The number of carbonyl (C=O) groups is 1. The Balaban J connectivity index is 1.70. The van der Waals surface area contributed by atoms with E-state index in [1.165, 1.54) is 48.9 Å². The highest BCUT2D eigenvalue weighted by molar-refractivity contribution is 7.92. The van der Waals surface area contributed by atoms with E-state index >= 15 is 0 Å². The fraction of sp³-hybridized carbons (Fsp3) is 0.350. The number of rotatable bonds is 5. The summed E-state index contributed by atoms with van der Waals surface area (Å²) in [5.41, 5.74) is 0.281. The summed E-state index contributed by atoms with van der Waals surface area (Å²) in [6.45, 7) is 2.13. The number of halogens is 1. The summed E-state index contributed by atoms with van der Waals surface area (Å²) >= 11 is 0. The van der Waals surface area contributed by atoms with Crippen molar-refractivity contribution in [2.24, 2.45) is 5.92 Å². The van der Waals surface area contributed by atoms with E-state index in [4.69, 9.17) is 0 Å². The number of hydrogen-bond donors (Lipinski definition) is 2. The van der Waals surface area contributed by atoms with Crippen LogP contribution in [-0.2, 0) is 10.0 Å². The highest BCUT2D eigenvalue weighted by Crippen LogP contribution is 2.24. The van der Waals surface area contributed by atoms with Gasteiger partial charge in [0.15, 0.2) is 0 Å². The third-order valence-corrected chi connectivity index (χ3v) is 6.35. The molecule has 2 unspecified atom stereocenters. The van der Waals surface area contributed by atoms with Crippen LogP contribution < -0.4 is 10.0 Å². The number of carbonyl (C=O) groups excluding carboxylic acids is 1. The monoisotopic (exact) mass is 390 g/mol. The van der Waals surface area contributed by atoms with Gasteiger partial charge in [0.05, 0.1) is 10.6 Å². The second kappa shape index (κ2) is 8.08. The lowest BCUT2D eigenvalue weighted by atomic mass is 9.86. The molecule has 0 bridgehead atoms. The lowest BCUT2D eigenvalue weighted by Crippen LogP contribution is -2.41. The lowest BCUT2D eigenvalue weighted by Gasteiger charge is -2.29. The van der Waals surface area contributed by atoms with Gasteiger partial charge in [-0.2, -0.15) is 0 Å². The average molecular weight is 390 g/mol. The zero-order chi connectivity index (χ0) is 19.4. The zero-order valence-electron chi connectivity index (χ0n) is 15.1. The molecule has 144 valence electrons. The highest BCUT2D eigenvalue weighted by Gasteiger charge is 2.23. The van der Waals surface area contributed by atoms with Gasteiger partial charge >= 0.3 is 0 Å². The molecule has 1 amide bonds. The van der Waals surface area contributed by atoms with Crippen LogP contribution in [-0.4, -0.2) is 20.4 Å². The van der Waals surface area contributed by atoms with Crippen molar-refractivity contribution in [1.82, 2.24) is 5.32 Å². The number of amides is 1. The maximum atomic E-state index is 13.7. The van der Waals surface area contributed by atoms with Crippen molar-refractivity contribution >= 4 is 21.6 Å². The number of hydrogen-bond acceptors (Lipinski definition) is 3. The molecule has 2 atom stereocenters. The minimum atomic E-state index is -3.94. The summed E-state index contributed by atoms with van der Waals surface area (Å²) in [7, 11) is -3.94. The summed E-state index contributed by atoms with van der Waals surface area (Å²) < 4.78 is 40.7. The number of anilines is 1. The summed E-state index contributed by atoms with van der Waals surface area (Å²) in [6.07, 6.45) is 4.36. The minimum absolute atomic E-state index is 0.0339. The molecule has 0 heterocycles.